The van der Waals surface area contributed by atoms with Crippen LogP contribution in [0.15, 0.2) is 28.7 Å². The zero-order chi connectivity index (χ0) is 14.3. The summed E-state index contributed by atoms with van der Waals surface area (Å²) < 4.78 is 3.29. The molecular formula is C16H20BrN3. The molecule has 2 aromatic rings. The number of benzene rings is 1. The largest absolute Gasteiger partial charge is 0.383 e. The maximum atomic E-state index is 6.38. The third kappa shape index (κ3) is 2.62. The number of hydrogen-bond acceptors (Lipinski definition) is 2. The number of aromatic nitrogens is 2. The molecule has 0 radical (unpaired) electrons. The highest BCUT2D eigenvalue weighted by atomic mass is 79.9. The molecule has 0 atom stereocenters. The van der Waals surface area contributed by atoms with Gasteiger partial charge in [0.15, 0.2) is 0 Å². The van der Waals surface area contributed by atoms with Gasteiger partial charge in [0.05, 0.1) is 0 Å². The van der Waals surface area contributed by atoms with Crippen molar-refractivity contribution in [2.45, 2.75) is 39.2 Å². The van der Waals surface area contributed by atoms with Gasteiger partial charge in [0, 0.05) is 22.5 Å². The van der Waals surface area contributed by atoms with E-state index in [4.69, 9.17) is 10.7 Å². The van der Waals surface area contributed by atoms with Crippen LogP contribution < -0.4 is 5.73 Å². The molecule has 106 valence electrons. The van der Waals surface area contributed by atoms with Crippen LogP contribution in [0.1, 0.15) is 38.4 Å². The lowest BCUT2D eigenvalue weighted by Gasteiger charge is -2.11. The van der Waals surface area contributed by atoms with Gasteiger partial charge in [-0.25, -0.2) is 4.98 Å². The number of imidazole rings is 1. The third-order valence-corrected chi connectivity index (χ3v) is 4.17. The second-order valence-electron chi connectivity index (χ2n) is 5.99. The van der Waals surface area contributed by atoms with Crippen molar-refractivity contribution in [1.29, 1.82) is 0 Å². The number of halogens is 1. The van der Waals surface area contributed by atoms with Crippen LogP contribution in [-0.2, 0) is 6.54 Å². The van der Waals surface area contributed by atoms with E-state index in [9.17, 15) is 0 Å². The van der Waals surface area contributed by atoms with Gasteiger partial charge in [-0.15, -0.1) is 0 Å². The number of rotatable bonds is 4. The van der Waals surface area contributed by atoms with Crippen molar-refractivity contribution in [3.8, 4) is 11.3 Å². The van der Waals surface area contributed by atoms with Crippen molar-refractivity contribution in [3.63, 3.8) is 0 Å². The number of hydrogen-bond donors (Lipinski definition) is 1. The van der Waals surface area contributed by atoms with Crippen molar-refractivity contribution in [2.75, 3.05) is 5.73 Å². The number of anilines is 1. The highest BCUT2D eigenvalue weighted by Crippen LogP contribution is 2.42. The average Bonchev–Trinajstić information content (AvgIpc) is 3.19. The number of nitrogens with zero attached hydrogens (tertiary/aromatic N) is 2. The van der Waals surface area contributed by atoms with Crippen molar-refractivity contribution >= 4 is 21.7 Å². The molecule has 4 heteroatoms. The normalized spacial score (nSPS) is 15.0. The van der Waals surface area contributed by atoms with Crippen molar-refractivity contribution in [3.05, 3.63) is 34.6 Å². The van der Waals surface area contributed by atoms with Crippen LogP contribution in [0.5, 0.6) is 0 Å². The standard InChI is InChI=1S/C16H20BrN3/c1-10(2)9-20-15(18)14(19-16(20)12-3-4-12)11-5-7-13(17)8-6-11/h5-8,10,12H,3-4,9,18H2,1-2H3. The van der Waals surface area contributed by atoms with E-state index in [2.05, 4.69) is 46.5 Å². The average molecular weight is 334 g/mol. The Hall–Kier alpha value is -1.29. The predicted octanol–water partition coefficient (Wildman–Crippen LogP) is 4.43. The zero-order valence-electron chi connectivity index (χ0n) is 11.9. The summed E-state index contributed by atoms with van der Waals surface area (Å²) in [6.45, 7) is 5.38. The van der Waals surface area contributed by atoms with Gasteiger partial charge in [-0.05, 0) is 30.9 Å². The first kappa shape index (κ1) is 13.7. The summed E-state index contributed by atoms with van der Waals surface area (Å²) in [6, 6.07) is 8.21. The Bertz CT molecular complexity index is 609. The summed E-state index contributed by atoms with van der Waals surface area (Å²) >= 11 is 3.47. The molecule has 1 aromatic carbocycles. The molecule has 3 nitrogen and oxygen atoms in total. The van der Waals surface area contributed by atoms with E-state index in [0.29, 0.717) is 11.8 Å². The van der Waals surface area contributed by atoms with E-state index in [1.165, 1.54) is 18.7 Å². The van der Waals surface area contributed by atoms with Crippen molar-refractivity contribution in [1.82, 2.24) is 9.55 Å². The van der Waals surface area contributed by atoms with Crippen molar-refractivity contribution < 1.29 is 0 Å². The van der Waals surface area contributed by atoms with Gasteiger partial charge < -0.3 is 10.3 Å². The SMILES string of the molecule is CC(C)Cn1c(C2CC2)nc(-c2ccc(Br)cc2)c1N. The molecule has 0 spiro atoms. The Kier molecular flexibility index (Phi) is 3.59. The van der Waals surface area contributed by atoms with Gasteiger partial charge >= 0.3 is 0 Å². The fourth-order valence-corrected chi connectivity index (χ4v) is 2.78. The van der Waals surface area contributed by atoms with Crippen LogP contribution in [0, 0.1) is 5.92 Å². The van der Waals surface area contributed by atoms with E-state index in [0.717, 1.165) is 28.1 Å². The summed E-state index contributed by atoms with van der Waals surface area (Å²) in [4.78, 5) is 4.85. The molecule has 0 amide bonds. The molecule has 0 saturated heterocycles. The second-order valence-corrected chi connectivity index (χ2v) is 6.91. The number of nitrogen functional groups attached to an aromatic ring is 1. The molecule has 0 bridgehead atoms. The molecule has 0 unspecified atom stereocenters. The maximum Gasteiger partial charge on any atom is 0.131 e. The second kappa shape index (κ2) is 5.24. The fraction of sp³-hybridized carbons (Fsp3) is 0.438. The highest BCUT2D eigenvalue weighted by Gasteiger charge is 2.31. The van der Waals surface area contributed by atoms with Crippen LogP contribution in [0.25, 0.3) is 11.3 Å². The van der Waals surface area contributed by atoms with Gasteiger partial charge in [-0.1, -0.05) is 41.9 Å². The van der Waals surface area contributed by atoms with E-state index in [1.54, 1.807) is 0 Å². The Labute approximate surface area is 128 Å². The quantitative estimate of drug-likeness (QED) is 0.899. The number of nitrogens with two attached hydrogens (primary N) is 1. The Morgan fingerprint density at radius 3 is 2.50 bits per heavy atom. The molecular weight excluding hydrogens is 314 g/mol. The first-order valence-electron chi connectivity index (χ1n) is 7.18. The summed E-state index contributed by atoms with van der Waals surface area (Å²) in [5, 5.41) is 0. The van der Waals surface area contributed by atoms with Crippen molar-refractivity contribution in [2.24, 2.45) is 5.92 Å². The fourth-order valence-electron chi connectivity index (χ4n) is 2.51. The molecule has 3 rings (SSSR count). The van der Waals surface area contributed by atoms with E-state index in [-0.39, 0.29) is 0 Å². The van der Waals surface area contributed by atoms with Gasteiger partial charge in [-0.3, -0.25) is 0 Å². The van der Waals surface area contributed by atoms with Crippen LogP contribution in [0.2, 0.25) is 0 Å². The molecule has 1 aliphatic carbocycles. The monoisotopic (exact) mass is 333 g/mol. The zero-order valence-corrected chi connectivity index (χ0v) is 13.5. The molecule has 2 N–H and O–H groups in total. The lowest BCUT2D eigenvalue weighted by molar-refractivity contribution is 0.512. The van der Waals surface area contributed by atoms with Crippen LogP contribution in [0.3, 0.4) is 0 Å². The summed E-state index contributed by atoms with van der Waals surface area (Å²) in [6.07, 6.45) is 2.49. The summed E-state index contributed by atoms with van der Waals surface area (Å²) in [5.41, 5.74) is 8.40. The summed E-state index contributed by atoms with van der Waals surface area (Å²) in [5.74, 6) is 3.17. The predicted molar refractivity (Wildman–Crippen MR) is 86.6 cm³/mol. The van der Waals surface area contributed by atoms with Gasteiger partial charge in [0.2, 0.25) is 0 Å². The Morgan fingerprint density at radius 2 is 1.95 bits per heavy atom. The molecule has 20 heavy (non-hydrogen) atoms. The minimum atomic E-state index is 0.571. The minimum absolute atomic E-state index is 0.571. The van der Waals surface area contributed by atoms with Gasteiger partial charge in [0.25, 0.3) is 0 Å². The third-order valence-electron chi connectivity index (χ3n) is 3.64. The minimum Gasteiger partial charge on any atom is -0.383 e. The Balaban J connectivity index is 2.05. The smallest absolute Gasteiger partial charge is 0.131 e. The Morgan fingerprint density at radius 1 is 1.30 bits per heavy atom. The van der Waals surface area contributed by atoms with Crippen LogP contribution in [0.4, 0.5) is 5.82 Å². The highest BCUT2D eigenvalue weighted by molar-refractivity contribution is 9.10. The van der Waals surface area contributed by atoms with E-state index < -0.39 is 0 Å². The topological polar surface area (TPSA) is 43.8 Å². The first-order chi connectivity index (χ1) is 9.56. The molecule has 1 heterocycles. The first-order valence-corrected chi connectivity index (χ1v) is 7.97. The molecule has 1 aliphatic rings. The van der Waals surface area contributed by atoms with Gasteiger partial charge in [0.1, 0.15) is 17.3 Å². The van der Waals surface area contributed by atoms with Crippen LogP contribution in [-0.4, -0.2) is 9.55 Å². The van der Waals surface area contributed by atoms with E-state index in [1.807, 2.05) is 12.1 Å². The molecule has 0 aliphatic heterocycles. The molecule has 1 aromatic heterocycles. The maximum absolute atomic E-state index is 6.38. The lowest BCUT2D eigenvalue weighted by Crippen LogP contribution is -2.10. The lowest BCUT2D eigenvalue weighted by atomic mass is 10.1. The summed E-state index contributed by atoms with van der Waals surface area (Å²) in [7, 11) is 0. The molecule has 1 fully saturated rings. The molecule has 1 saturated carbocycles. The van der Waals surface area contributed by atoms with Crippen LogP contribution >= 0.6 is 15.9 Å². The van der Waals surface area contributed by atoms with Gasteiger partial charge in [-0.2, -0.15) is 0 Å². The van der Waals surface area contributed by atoms with E-state index >= 15 is 0 Å².